The molecule has 0 radical (unpaired) electrons. The van der Waals surface area contributed by atoms with Crippen molar-refractivity contribution in [2.24, 2.45) is 0 Å². The molecule has 84 valence electrons. The Kier molecular flexibility index (Phi) is 6.85. The van der Waals surface area contributed by atoms with Crippen molar-refractivity contribution >= 4 is 0 Å². The third-order valence-corrected chi connectivity index (χ3v) is 2.48. The standard InChI is InChI=1S/C12H25NO/c1-6-8-9-14-11(3)10-13-12(4,5)7-2/h6,11,13H,1,7-10H2,2-5H3. The van der Waals surface area contributed by atoms with Gasteiger partial charge in [-0.1, -0.05) is 13.0 Å². The van der Waals surface area contributed by atoms with Crippen molar-refractivity contribution in [3.05, 3.63) is 12.7 Å². The highest BCUT2D eigenvalue weighted by Gasteiger charge is 2.14. The molecule has 0 rings (SSSR count). The first-order valence-electron chi connectivity index (χ1n) is 5.49. The zero-order valence-electron chi connectivity index (χ0n) is 10.1. The van der Waals surface area contributed by atoms with Crippen molar-refractivity contribution in [3.8, 4) is 0 Å². The Morgan fingerprint density at radius 1 is 1.50 bits per heavy atom. The largest absolute Gasteiger partial charge is 0.377 e. The second-order valence-corrected chi connectivity index (χ2v) is 4.38. The SMILES string of the molecule is C=CCCOC(C)CNC(C)(C)CC. The summed E-state index contributed by atoms with van der Waals surface area (Å²) in [6.07, 6.45) is 4.23. The molecule has 0 saturated carbocycles. The molecule has 0 aromatic carbocycles. The maximum Gasteiger partial charge on any atom is 0.0671 e. The Hall–Kier alpha value is -0.340. The molecule has 0 aliphatic carbocycles. The van der Waals surface area contributed by atoms with Gasteiger partial charge < -0.3 is 10.1 Å². The number of ether oxygens (including phenoxy) is 1. The van der Waals surface area contributed by atoms with Crippen LogP contribution in [-0.4, -0.2) is 24.8 Å². The third kappa shape index (κ3) is 7.10. The Balaban J connectivity index is 3.52. The van der Waals surface area contributed by atoms with E-state index in [0.29, 0.717) is 0 Å². The number of rotatable bonds is 8. The normalized spacial score (nSPS) is 14.0. The molecule has 2 nitrogen and oxygen atoms in total. The van der Waals surface area contributed by atoms with Gasteiger partial charge in [0.1, 0.15) is 0 Å². The fraction of sp³-hybridized carbons (Fsp3) is 0.833. The fourth-order valence-electron chi connectivity index (χ4n) is 0.957. The van der Waals surface area contributed by atoms with Gasteiger partial charge in [-0.15, -0.1) is 6.58 Å². The van der Waals surface area contributed by atoms with E-state index in [1.807, 2.05) is 6.08 Å². The van der Waals surface area contributed by atoms with Gasteiger partial charge in [0.05, 0.1) is 12.7 Å². The van der Waals surface area contributed by atoms with E-state index < -0.39 is 0 Å². The zero-order chi connectivity index (χ0) is 11.0. The van der Waals surface area contributed by atoms with Crippen LogP contribution >= 0.6 is 0 Å². The zero-order valence-corrected chi connectivity index (χ0v) is 10.1. The molecule has 0 aromatic heterocycles. The summed E-state index contributed by atoms with van der Waals surface area (Å²) in [5.41, 5.74) is 0.218. The molecular weight excluding hydrogens is 174 g/mol. The molecule has 0 fully saturated rings. The predicted molar refractivity (Wildman–Crippen MR) is 62.6 cm³/mol. The molecule has 1 N–H and O–H groups in total. The van der Waals surface area contributed by atoms with Gasteiger partial charge >= 0.3 is 0 Å². The summed E-state index contributed by atoms with van der Waals surface area (Å²) in [4.78, 5) is 0. The smallest absolute Gasteiger partial charge is 0.0671 e. The van der Waals surface area contributed by atoms with Gasteiger partial charge in [-0.3, -0.25) is 0 Å². The molecule has 0 aliphatic rings. The summed E-state index contributed by atoms with van der Waals surface area (Å²) < 4.78 is 5.59. The minimum atomic E-state index is 0.218. The molecule has 0 spiro atoms. The van der Waals surface area contributed by atoms with Crippen LogP contribution in [-0.2, 0) is 4.74 Å². The molecule has 0 saturated heterocycles. The van der Waals surface area contributed by atoms with Crippen LogP contribution in [0.4, 0.5) is 0 Å². The van der Waals surface area contributed by atoms with Crippen molar-refractivity contribution in [1.29, 1.82) is 0 Å². The van der Waals surface area contributed by atoms with Crippen molar-refractivity contribution in [2.45, 2.75) is 52.2 Å². The highest BCUT2D eigenvalue weighted by atomic mass is 16.5. The van der Waals surface area contributed by atoms with Crippen LogP contribution in [0.3, 0.4) is 0 Å². The minimum Gasteiger partial charge on any atom is -0.377 e. The van der Waals surface area contributed by atoms with E-state index in [-0.39, 0.29) is 11.6 Å². The van der Waals surface area contributed by atoms with E-state index >= 15 is 0 Å². The van der Waals surface area contributed by atoms with Gasteiger partial charge in [-0.25, -0.2) is 0 Å². The van der Waals surface area contributed by atoms with Crippen LogP contribution in [0.2, 0.25) is 0 Å². The Labute approximate surface area is 88.7 Å². The van der Waals surface area contributed by atoms with Crippen molar-refractivity contribution in [2.75, 3.05) is 13.2 Å². The van der Waals surface area contributed by atoms with Crippen molar-refractivity contribution in [1.82, 2.24) is 5.32 Å². The highest BCUT2D eigenvalue weighted by molar-refractivity contribution is 4.76. The quantitative estimate of drug-likeness (QED) is 0.479. The number of hydrogen-bond acceptors (Lipinski definition) is 2. The molecule has 1 unspecified atom stereocenters. The van der Waals surface area contributed by atoms with E-state index in [0.717, 1.165) is 26.0 Å². The van der Waals surface area contributed by atoms with Gasteiger partial charge in [-0.05, 0) is 33.6 Å². The minimum absolute atomic E-state index is 0.218. The molecule has 0 heterocycles. The molecule has 0 aliphatic heterocycles. The Morgan fingerprint density at radius 2 is 2.14 bits per heavy atom. The van der Waals surface area contributed by atoms with E-state index in [9.17, 15) is 0 Å². The highest BCUT2D eigenvalue weighted by Crippen LogP contribution is 2.06. The molecule has 0 aromatic rings. The van der Waals surface area contributed by atoms with Crippen LogP contribution in [0.25, 0.3) is 0 Å². The summed E-state index contributed by atoms with van der Waals surface area (Å²) >= 11 is 0. The average molecular weight is 199 g/mol. The van der Waals surface area contributed by atoms with Crippen LogP contribution in [0.5, 0.6) is 0 Å². The van der Waals surface area contributed by atoms with Crippen LogP contribution < -0.4 is 5.32 Å². The monoisotopic (exact) mass is 199 g/mol. The van der Waals surface area contributed by atoms with E-state index in [4.69, 9.17) is 4.74 Å². The van der Waals surface area contributed by atoms with Crippen LogP contribution in [0, 0.1) is 0 Å². The molecule has 0 bridgehead atoms. The van der Waals surface area contributed by atoms with Gasteiger partial charge in [0.25, 0.3) is 0 Å². The average Bonchev–Trinajstić information content (AvgIpc) is 2.16. The second kappa shape index (κ2) is 7.02. The van der Waals surface area contributed by atoms with E-state index in [1.54, 1.807) is 0 Å². The Morgan fingerprint density at radius 3 is 2.64 bits per heavy atom. The van der Waals surface area contributed by atoms with Gasteiger partial charge in [-0.2, -0.15) is 0 Å². The first-order valence-corrected chi connectivity index (χ1v) is 5.49. The number of nitrogens with one attached hydrogen (secondary N) is 1. The molecular formula is C12H25NO. The summed E-state index contributed by atoms with van der Waals surface area (Å²) in [6.45, 7) is 14.1. The lowest BCUT2D eigenvalue weighted by Gasteiger charge is -2.26. The lowest BCUT2D eigenvalue weighted by atomic mass is 10.0. The van der Waals surface area contributed by atoms with Crippen LogP contribution in [0.15, 0.2) is 12.7 Å². The van der Waals surface area contributed by atoms with E-state index in [2.05, 4.69) is 39.6 Å². The molecule has 0 amide bonds. The predicted octanol–water partition coefficient (Wildman–Crippen LogP) is 2.75. The van der Waals surface area contributed by atoms with Crippen molar-refractivity contribution < 1.29 is 4.74 Å². The first-order chi connectivity index (χ1) is 6.52. The summed E-state index contributed by atoms with van der Waals surface area (Å²) in [7, 11) is 0. The third-order valence-electron chi connectivity index (χ3n) is 2.48. The van der Waals surface area contributed by atoms with Gasteiger partial charge in [0.2, 0.25) is 0 Å². The topological polar surface area (TPSA) is 21.3 Å². The van der Waals surface area contributed by atoms with Gasteiger partial charge in [0.15, 0.2) is 0 Å². The van der Waals surface area contributed by atoms with Crippen LogP contribution in [0.1, 0.15) is 40.5 Å². The lowest BCUT2D eigenvalue weighted by molar-refractivity contribution is 0.0638. The maximum atomic E-state index is 5.59. The van der Waals surface area contributed by atoms with Crippen molar-refractivity contribution in [3.63, 3.8) is 0 Å². The second-order valence-electron chi connectivity index (χ2n) is 4.38. The summed E-state index contributed by atoms with van der Waals surface area (Å²) in [6, 6.07) is 0. The maximum absolute atomic E-state index is 5.59. The fourth-order valence-corrected chi connectivity index (χ4v) is 0.957. The number of hydrogen-bond donors (Lipinski definition) is 1. The molecule has 14 heavy (non-hydrogen) atoms. The Bertz CT molecular complexity index is 154. The molecule has 1 atom stereocenters. The lowest BCUT2D eigenvalue weighted by Crippen LogP contribution is -2.42. The van der Waals surface area contributed by atoms with Gasteiger partial charge in [0, 0.05) is 12.1 Å². The summed E-state index contributed by atoms with van der Waals surface area (Å²) in [5, 5.41) is 3.48. The van der Waals surface area contributed by atoms with E-state index in [1.165, 1.54) is 0 Å². The molecule has 2 heteroatoms. The first kappa shape index (κ1) is 13.7. The summed E-state index contributed by atoms with van der Waals surface area (Å²) in [5.74, 6) is 0.